The van der Waals surface area contributed by atoms with Crippen molar-refractivity contribution in [3.63, 3.8) is 0 Å². The number of hydrogen-bond acceptors (Lipinski definition) is 4. The summed E-state index contributed by atoms with van der Waals surface area (Å²) in [5, 5.41) is 9.37. The molecule has 0 radical (unpaired) electrons. The van der Waals surface area contributed by atoms with Crippen LogP contribution in [-0.4, -0.2) is 17.3 Å². The molecule has 1 atom stereocenters. The van der Waals surface area contributed by atoms with Crippen molar-refractivity contribution in [2.24, 2.45) is 0 Å². The molecule has 0 aliphatic carbocycles. The smallest absolute Gasteiger partial charge is 0.334 e. The van der Waals surface area contributed by atoms with Gasteiger partial charge in [0.1, 0.15) is 11.9 Å². The van der Waals surface area contributed by atoms with Crippen LogP contribution >= 0.6 is 11.8 Å². The van der Waals surface area contributed by atoms with Gasteiger partial charge in [0.25, 0.3) is 0 Å². The van der Waals surface area contributed by atoms with E-state index in [-0.39, 0.29) is 11.9 Å². The van der Waals surface area contributed by atoms with Crippen LogP contribution in [0.4, 0.5) is 0 Å². The Morgan fingerprint density at radius 2 is 2.06 bits per heavy atom. The number of carbonyl (C=O) groups excluding carboxylic acids is 1. The Morgan fingerprint density at radius 3 is 2.62 bits per heavy atom. The van der Waals surface area contributed by atoms with Crippen LogP contribution in [-0.2, 0) is 9.53 Å². The topological polar surface area (TPSA) is 46.5 Å². The average Bonchev–Trinajstić information content (AvgIpc) is 2.28. The molecule has 0 bridgehead atoms. The normalized spacial score (nSPS) is 20.2. The molecule has 84 valence electrons. The fourth-order valence-electron chi connectivity index (χ4n) is 1.61. The highest BCUT2D eigenvalue weighted by atomic mass is 32.2. The SMILES string of the molecule is CSc1ccc(C2CC(O)=CC(=O)O2)cc1. The molecule has 1 aromatic carbocycles. The van der Waals surface area contributed by atoms with Gasteiger partial charge in [0, 0.05) is 11.3 Å². The highest BCUT2D eigenvalue weighted by Crippen LogP contribution is 2.29. The van der Waals surface area contributed by atoms with Crippen molar-refractivity contribution >= 4 is 17.7 Å². The number of aliphatic hydroxyl groups excluding tert-OH is 1. The van der Waals surface area contributed by atoms with Crippen LogP contribution in [0.5, 0.6) is 0 Å². The quantitative estimate of drug-likeness (QED) is 0.633. The number of benzene rings is 1. The Hall–Kier alpha value is -1.42. The molecule has 1 aliphatic rings. The molecule has 1 aromatic rings. The standard InChI is InChI=1S/C12H12O3S/c1-16-10-4-2-8(3-5-10)11-6-9(13)7-12(14)15-11/h2-5,7,11,13H,6H2,1H3. The molecular formula is C12H12O3S. The van der Waals surface area contributed by atoms with Crippen LogP contribution in [0.3, 0.4) is 0 Å². The van der Waals surface area contributed by atoms with Crippen LogP contribution in [0.1, 0.15) is 18.1 Å². The first-order valence-corrected chi connectivity index (χ1v) is 6.15. The summed E-state index contributed by atoms with van der Waals surface area (Å²) in [5.41, 5.74) is 0.908. The van der Waals surface area contributed by atoms with Crippen LogP contribution in [0.2, 0.25) is 0 Å². The van der Waals surface area contributed by atoms with Gasteiger partial charge in [0.15, 0.2) is 0 Å². The van der Waals surface area contributed by atoms with E-state index >= 15 is 0 Å². The van der Waals surface area contributed by atoms with Crippen molar-refractivity contribution < 1.29 is 14.6 Å². The van der Waals surface area contributed by atoms with Gasteiger partial charge in [0.2, 0.25) is 0 Å². The third kappa shape index (κ3) is 2.39. The minimum Gasteiger partial charge on any atom is -0.512 e. The van der Waals surface area contributed by atoms with Gasteiger partial charge in [-0.05, 0) is 24.0 Å². The summed E-state index contributed by atoms with van der Waals surface area (Å²) < 4.78 is 5.13. The van der Waals surface area contributed by atoms with Gasteiger partial charge in [-0.3, -0.25) is 0 Å². The maximum atomic E-state index is 11.1. The second-order valence-corrected chi connectivity index (χ2v) is 4.42. The summed E-state index contributed by atoms with van der Waals surface area (Å²) in [4.78, 5) is 12.3. The zero-order valence-electron chi connectivity index (χ0n) is 8.84. The van der Waals surface area contributed by atoms with Crippen molar-refractivity contribution in [2.75, 3.05) is 6.26 Å². The summed E-state index contributed by atoms with van der Waals surface area (Å²) in [6.45, 7) is 0. The fourth-order valence-corrected chi connectivity index (χ4v) is 2.01. The van der Waals surface area contributed by atoms with E-state index in [1.807, 2.05) is 30.5 Å². The van der Waals surface area contributed by atoms with Crippen LogP contribution in [0.15, 0.2) is 41.0 Å². The predicted molar refractivity (Wildman–Crippen MR) is 62.4 cm³/mol. The van der Waals surface area contributed by atoms with E-state index in [4.69, 9.17) is 4.74 Å². The van der Waals surface area contributed by atoms with Gasteiger partial charge in [-0.2, -0.15) is 0 Å². The number of thioether (sulfide) groups is 1. The number of hydrogen-bond donors (Lipinski definition) is 1. The van der Waals surface area contributed by atoms with E-state index < -0.39 is 5.97 Å². The Morgan fingerprint density at radius 1 is 1.38 bits per heavy atom. The molecule has 1 heterocycles. The van der Waals surface area contributed by atoms with Gasteiger partial charge < -0.3 is 9.84 Å². The summed E-state index contributed by atoms with van der Waals surface area (Å²) in [7, 11) is 0. The van der Waals surface area contributed by atoms with Crippen molar-refractivity contribution in [1.29, 1.82) is 0 Å². The Balaban J connectivity index is 2.18. The summed E-state index contributed by atoms with van der Waals surface area (Å²) in [5.74, 6) is -0.405. The number of cyclic esters (lactones) is 1. The van der Waals surface area contributed by atoms with E-state index in [0.29, 0.717) is 6.42 Å². The van der Waals surface area contributed by atoms with Gasteiger partial charge in [-0.25, -0.2) is 4.79 Å². The fraction of sp³-hybridized carbons (Fsp3) is 0.250. The molecule has 0 saturated carbocycles. The molecule has 0 aromatic heterocycles. The zero-order valence-corrected chi connectivity index (χ0v) is 9.66. The van der Waals surface area contributed by atoms with E-state index in [9.17, 15) is 9.90 Å². The lowest BCUT2D eigenvalue weighted by atomic mass is 10.0. The maximum absolute atomic E-state index is 11.1. The van der Waals surface area contributed by atoms with Crippen LogP contribution < -0.4 is 0 Å². The molecule has 1 aliphatic heterocycles. The van der Waals surface area contributed by atoms with Crippen LogP contribution in [0.25, 0.3) is 0 Å². The summed E-state index contributed by atoms with van der Waals surface area (Å²) >= 11 is 1.66. The summed E-state index contributed by atoms with van der Waals surface area (Å²) in [6, 6.07) is 7.79. The third-order valence-electron chi connectivity index (χ3n) is 2.42. The van der Waals surface area contributed by atoms with Gasteiger partial charge >= 0.3 is 5.97 Å². The lowest BCUT2D eigenvalue weighted by molar-refractivity contribution is -0.145. The molecule has 3 nitrogen and oxygen atoms in total. The molecule has 1 N–H and O–H groups in total. The molecule has 2 rings (SSSR count). The number of carbonyl (C=O) groups is 1. The number of rotatable bonds is 2. The Bertz CT molecular complexity index is 422. The second-order valence-electron chi connectivity index (χ2n) is 3.54. The van der Waals surface area contributed by atoms with E-state index in [1.165, 1.54) is 0 Å². The Kier molecular flexibility index (Phi) is 3.19. The molecule has 0 amide bonds. The first kappa shape index (κ1) is 11.1. The van der Waals surface area contributed by atoms with E-state index in [1.54, 1.807) is 11.8 Å². The minimum absolute atomic E-state index is 0.0789. The van der Waals surface area contributed by atoms with Gasteiger partial charge in [-0.1, -0.05) is 12.1 Å². The first-order chi connectivity index (χ1) is 7.69. The maximum Gasteiger partial charge on any atom is 0.334 e. The highest BCUT2D eigenvalue weighted by Gasteiger charge is 2.22. The molecule has 0 spiro atoms. The third-order valence-corrected chi connectivity index (χ3v) is 3.17. The monoisotopic (exact) mass is 236 g/mol. The van der Waals surface area contributed by atoms with Crippen molar-refractivity contribution in [3.05, 3.63) is 41.7 Å². The van der Waals surface area contributed by atoms with Gasteiger partial charge in [0.05, 0.1) is 6.08 Å². The molecule has 0 fully saturated rings. The van der Waals surface area contributed by atoms with Gasteiger partial charge in [-0.15, -0.1) is 11.8 Å². The lowest BCUT2D eigenvalue weighted by Gasteiger charge is -2.20. The highest BCUT2D eigenvalue weighted by molar-refractivity contribution is 7.98. The zero-order chi connectivity index (χ0) is 11.5. The Labute approximate surface area is 98.1 Å². The largest absolute Gasteiger partial charge is 0.512 e. The molecule has 4 heteroatoms. The minimum atomic E-state index is -0.484. The summed E-state index contributed by atoms with van der Waals surface area (Å²) in [6.07, 6.45) is 3.11. The molecule has 1 unspecified atom stereocenters. The first-order valence-electron chi connectivity index (χ1n) is 4.93. The number of aliphatic hydroxyl groups is 1. The molecular weight excluding hydrogens is 224 g/mol. The second kappa shape index (κ2) is 4.61. The van der Waals surface area contributed by atoms with Crippen molar-refractivity contribution in [3.8, 4) is 0 Å². The lowest BCUT2D eigenvalue weighted by Crippen LogP contribution is -2.15. The number of ether oxygens (including phenoxy) is 1. The van der Waals surface area contributed by atoms with E-state index in [2.05, 4.69) is 0 Å². The van der Waals surface area contributed by atoms with Crippen LogP contribution in [0, 0.1) is 0 Å². The molecule has 16 heavy (non-hydrogen) atoms. The average molecular weight is 236 g/mol. The molecule has 0 saturated heterocycles. The van der Waals surface area contributed by atoms with E-state index in [0.717, 1.165) is 16.5 Å². The van der Waals surface area contributed by atoms with Crippen molar-refractivity contribution in [2.45, 2.75) is 17.4 Å². The number of esters is 1. The predicted octanol–water partition coefficient (Wildman–Crippen LogP) is 2.84. The van der Waals surface area contributed by atoms with Crippen molar-refractivity contribution in [1.82, 2.24) is 0 Å².